The van der Waals surface area contributed by atoms with Crippen LogP contribution < -0.4 is 9.47 Å². The van der Waals surface area contributed by atoms with E-state index >= 15 is 0 Å². The number of likely N-dealkylation sites (tertiary alicyclic amines) is 1. The van der Waals surface area contributed by atoms with E-state index in [9.17, 15) is 4.79 Å². The second-order valence-electron chi connectivity index (χ2n) is 8.49. The Morgan fingerprint density at radius 2 is 2.03 bits per heavy atom. The maximum absolute atomic E-state index is 12.7. The highest BCUT2D eigenvalue weighted by Crippen LogP contribution is 2.26. The van der Waals surface area contributed by atoms with Crippen molar-refractivity contribution in [3.63, 3.8) is 0 Å². The lowest BCUT2D eigenvalue weighted by Gasteiger charge is -2.42. The fourth-order valence-electron chi connectivity index (χ4n) is 4.39. The van der Waals surface area contributed by atoms with Crippen LogP contribution in [0.15, 0.2) is 30.5 Å². The summed E-state index contributed by atoms with van der Waals surface area (Å²) < 4.78 is 16.8. The molecular formula is C24H37N3O4. The molecule has 2 aliphatic rings. The van der Waals surface area contributed by atoms with Crippen molar-refractivity contribution >= 4 is 5.78 Å². The van der Waals surface area contributed by atoms with Crippen molar-refractivity contribution in [1.29, 1.82) is 0 Å². The summed E-state index contributed by atoms with van der Waals surface area (Å²) in [7, 11) is 5.76. The van der Waals surface area contributed by atoms with Gasteiger partial charge < -0.3 is 24.0 Å². The van der Waals surface area contributed by atoms with Crippen molar-refractivity contribution in [3.8, 4) is 11.5 Å². The van der Waals surface area contributed by atoms with Crippen LogP contribution in [0.5, 0.6) is 11.5 Å². The average Bonchev–Trinajstić information content (AvgIpc) is 2.77. The lowest BCUT2D eigenvalue weighted by atomic mass is 10.0. The topological polar surface area (TPSA) is 54.5 Å². The number of likely N-dealkylation sites (N-methyl/N-ethyl adjacent to an activating group) is 1. The van der Waals surface area contributed by atoms with E-state index in [1.54, 1.807) is 25.3 Å². The molecule has 0 saturated carbocycles. The van der Waals surface area contributed by atoms with E-state index in [4.69, 9.17) is 14.2 Å². The molecule has 2 saturated heterocycles. The van der Waals surface area contributed by atoms with E-state index in [0.717, 1.165) is 52.2 Å². The molecule has 0 aliphatic carbocycles. The number of methoxy groups -OCH3 is 1. The molecule has 0 radical (unpaired) electrons. The minimum absolute atomic E-state index is 0.0540. The SMILES string of the molecule is CCOc1ccc(C(=O)C=CN2CCC(N3CCOC(CN(C)C)C3)CC2)c(OC)c1. The first-order valence-electron chi connectivity index (χ1n) is 11.3. The molecule has 2 heterocycles. The van der Waals surface area contributed by atoms with Gasteiger partial charge in [-0.1, -0.05) is 0 Å². The highest BCUT2D eigenvalue weighted by atomic mass is 16.5. The van der Waals surface area contributed by atoms with Crippen molar-refractivity contribution in [2.75, 3.05) is 67.1 Å². The van der Waals surface area contributed by atoms with Gasteiger partial charge in [-0.05, 0) is 46.0 Å². The summed E-state index contributed by atoms with van der Waals surface area (Å²) in [5.41, 5.74) is 0.553. The zero-order valence-electron chi connectivity index (χ0n) is 19.4. The lowest BCUT2D eigenvalue weighted by Crippen LogP contribution is -2.52. The van der Waals surface area contributed by atoms with Crippen LogP contribution in [-0.2, 0) is 4.74 Å². The van der Waals surface area contributed by atoms with Gasteiger partial charge in [0.05, 0.1) is 32.0 Å². The molecule has 1 unspecified atom stereocenters. The minimum atomic E-state index is -0.0540. The summed E-state index contributed by atoms with van der Waals surface area (Å²) in [6.45, 7) is 8.24. The Morgan fingerprint density at radius 1 is 1.26 bits per heavy atom. The van der Waals surface area contributed by atoms with E-state index in [-0.39, 0.29) is 5.78 Å². The molecule has 1 aromatic carbocycles. The van der Waals surface area contributed by atoms with Crippen molar-refractivity contribution in [2.45, 2.75) is 31.9 Å². The maximum Gasteiger partial charge on any atom is 0.191 e. The third kappa shape index (κ3) is 6.69. The molecule has 0 aromatic heterocycles. The molecule has 7 nitrogen and oxygen atoms in total. The number of ether oxygens (including phenoxy) is 3. The number of nitrogens with zero attached hydrogens (tertiary/aromatic N) is 3. The Bertz CT molecular complexity index is 744. The van der Waals surface area contributed by atoms with Gasteiger partial charge in [0.1, 0.15) is 11.5 Å². The average molecular weight is 432 g/mol. The standard InChI is InChI=1S/C24H37N3O4/c1-5-30-20-6-7-22(24(16-20)29-4)23(28)10-13-26-11-8-19(9-12-26)27-14-15-31-21(18-27)17-25(2)3/h6-7,10,13,16,19,21H,5,8-9,11-12,14-15,17-18H2,1-4H3. The summed E-state index contributed by atoms with van der Waals surface area (Å²) >= 11 is 0. The smallest absolute Gasteiger partial charge is 0.191 e. The Labute approximate surface area is 186 Å². The number of hydrogen-bond acceptors (Lipinski definition) is 7. The second kappa shape index (κ2) is 11.5. The van der Waals surface area contributed by atoms with E-state index in [0.29, 0.717) is 35.8 Å². The normalized spacial score (nSPS) is 21.1. The number of benzene rings is 1. The largest absolute Gasteiger partial charge is 0.496 e. The van der Waals surface area contributed by atoms with Crippen LogP contribution in [0.25, 0.3) is 0 Å². The van der Waals surface area contributed by atoms with Crippen LogP contribution in [0.2, 0.25) is 0 Å². The van der Waals surface area contributed by atoms with Gasteiger partial charge in [0.25, 0.3) is 0 Å². The molecule has 0 amide bonds. The van der Waals surface area contributed by atoms with Crippen molar-refractivity contribution in [3.05, 3.63) is 36.0 Å². The van der Waals surface area contributed by atoms with Crippen LogP contribution in [0.1, 0.15) is 30.1 Å². The zero-order valence-corrected chi connectivity index (χ0v) is 19.4. The van der Waals surface area contributed by atoms with E-state index < -0.39 is 0 Å². The van der Waals surface area contributed by atoms with Gasteiger partial charge in [-0.25, -0.2) is 0 Å². The van der Waals surface area contributed by atoms with Crippen molar-refractivity contribution in [2.24, 2.45) is 0 Å². The fraction of sp³-hybridized carbons (Fsp3) is 0.625. The Kier molecular flexibility index (Phi) is 8.75. The van der Waals surface area contributed by atoms with Gasteiger partial charge in [-0.3, -0.25) is 9.69 Å². The van der Waals surface area contributed by atoms with Gasteiger partial charge in [-0.15, -0.1) is 0 Å². The quantitative estimate of drug-likeness (QED) is 0.440. The summed E-state index contributed by atoms with van der Waals surface area (Å²) in [4.78, 5) is 19.7. The molecule has 0 spiro atoms. The predicted molar refractivity (Wildman–Crippen MR) is 122 cm³/mol. The summed E-state index contributed by atoms with van der Waals surface area (Å²) in [6, 6.07) is 5.94. The van der Waals surface area contributed by atoms with Crippen LogP contribution in [0.4, 0.5) is 0 Å². The van der Waals surface area contributed by atoms with Gasteiger partial charge >= 0.3 is 0 Å². The third-order valence-electron chi connectivity index (χ3n) is 5.94. The van der Waals surface area contributed by atoms with Gasteiger partial charge in [0, 0.05) is 57.1 Å². The first-order valence-corrected chi connectivity index (χ1v) is 11.3. The highest BCUT2D eigenvalue weighted by Gasteiger charge is 2.29. The van der Waals surface area contributed by atoms with Crippen molar-refractivity contribution < 1.29 is 19.0 Å². The molecule has 172 valence electrons. The number of rotatable bonds is 9. The lowest BCUT2D eigenvalue weighted by molar-refractivity contribution is -0.0578. The van der Waals surface area contributed by atoms with Crippen LogP contribution in [0, 0.1) is 0 Å². The number of allylic oxidation sites excluding steroid dienone is 1. The molecule has 7 heteroatoms. The number of ketones is 1. The number of carbonyl (C=O) groups is 1. The predicted octanol–water partition coefficient (Wildman–Crippen LogP) is 2.52. The Hall–Kier alpha value is -2.09. The van der Waals surface area contributed by atoms with Gasteiger partial charge in [0.2, 0.25) is 0 Å². The Balaban J connectivity index is 1.51. The van der Waals surface area contributed by atoms with E-state index in [1.165, 1.54) is 0 Å². The molecule has 1 aromatic rings. The van der Waals surface area contributed by atoms with Gasteiger partial charge in [0.15, 0.2) is 5.78 Å². The van der Waals surface area contributed by atoms with Crippen LogP contribution in [0.3, 0.4) is 0 Å². The number of hydrogen-bond donors (Lipinski definition) is 0. The molecular weight excluding hydrogens is 394 g/mol. The summed E-state index contributed by atoms with van der Waals surface area (Å²) in [5, 5.41) is 0. The number of carbonyl (C=O) groups excluding carboxylic acids is 1. The van der Waals surface area contributed by atoms with E-state index in [2.05, 4.69) is 28.8 Å². The molecule has 0 bridgehead atoms. The molecule has 3 rings (SSSR count). The van der Waals surface area contributed by atoms with Crippen molar-refractivity contribution in [1.82, 2.24) is 14.7 Å². The molecule has 31 heavy (non-hydrogen) atoms. The first-order chi connectivity index (χ1) is 15.0. The summed E-state index contributed by atoms with van der Waals surface area (Å²) in [5.74, 6) is 1.19. The second-order valence-corrected chi connectivity index (χ2v) is 8.49. The first kappa shape index (κ1) is 23.6. The highest BCUT2D eigenvalue weighted by molar-refractivity contribution is 6.06. The zero-order chi connectivity index (χ0) is 22.2. The fourth-order valence-corrected chi connectivity index (χ4v) is 4.39. The monoisotopic (exact) mass is 431 g/mol. The number of morpholine rings is 1. The maximum atomic E-state index is 12.7. The Morgan fingerprint density at radius 3 is 2.71 bits per heavy atom. The minimum Gasteiger partial charge on any atom is -0.496 e. The van der Waals surface area contributed by atoms with Crippen LogP contribution in [-0.4, -0.2) is 99.8 Å². The van der Waals surface area contributed by atoms with E-state index in [1.807, 2.05) is 19.2 Å². The molecule has 0 N–H and O–H groups in total. The molecule has 1 atom stereocenters. The third-order valence-corrected chi connectivity index (χ3v) is 5.94. The summed E-state index contributed by atoms with van der Waals surface area (Å²) in [6.07, 6.45) is 6.10. The molecule has 2 fully saturated rings. The van der Waals surface area contributed by atoms with Crippen LogP contribution >= 0.6 is 0 Å². The number of piperidine rings is 1. The molecule has 2 aliphatic heterocycles. The van der Waals surface area contributed by atoms with Gasteiger partial charge in [-0.2, -0.15) is 0 Å².